The Morgan fingerprint density at radius 3 is 2.53 bits per heavy atom. The van der Waals surface area contributed by atoms with Crippen molar-refractivity contribution in [3.8, 4) is 0 Å². The number of hydrogen-bond donors (Lipinski definition) is 0. The van der Waals surface area contributed by atoms with Crippen molar-refractivity contribution in [2.75, 3.05) is 39.3 Å². The average molecular weight is 454 g/mol. The molecule has 1 aliphatic carbocycles. The number of amides is 1. The van der Waals surface area contributed by atoms with Gasteiger partial charge in [-0.3, -0.25) is 9.69 Å². The molecule has 2 atom stereocenters. The van der Waals surface area contributed by atoms with E-state index in [-0.39, 0.29) is 15.8 Å². The van der Waals surface area contributed by atoms with Gasteiger partial charge in [0.2, 0.25) is 15.9 Å². The van der Waals surface area contributed by atoms with Gasteiger partial charge in [-0.05, 0) is 56.7 Å². The maximum absolute atomic E-state index is 13.1. The Morgan fingerprint density at radius 1 is 0.933 bits per heavy atom. The van der Waals surface area contributed by atoms with E-state index in [1.807, 2.05) is 0 Å². The van der Waals surface area contributed by atoms with E-state index < -0.39 is 10.0 Å². The molecule has 8 heteroatoms. The molecule has 0 bridgehead atoms. The smallest absolute Gasteiger partial charge is 0.244 e. The van der Waals surface area contributed by atoms with Gasteiger partial charge in [0.1, 0.15) is 4.90 Å². The molecule has 1 aromatic rings. The van der Waals surface area contributed by atoms with Crippen LogP contribution in [-0.4, -0.2) is 73.7 Å². The van der Waals surface area contributed by atoms with E-state index in [0.29, 0.717) is 44.6 Å². The summed E-state index contributed by atoms with van der Waals surface area (Å²) in [4.78, 5) is 17.5. The fraction of sp³-hybridized carbons (Fsp3) is 0.682. The highest BCUT2D eigenvalue weighted by Crippen LogP contribution is 2.35. The van der Waals surface area contributed by atoms with Gasteiger partial charge in [0.15, 0.2) is 0 Å². The Kier molecular flexibility index (Phi) is 7.02. The van der Waals surface area contributed by atoms with Crippen molar-refractivity contribution in [2.24, 2.45) is 5.92 Å². The van der Waals surface area contributed by atoms with E-state index in [1.165, 1.54) is 30.0 Å². The van der Waals surface area contributed by atoms with Crippen LogP contribution in [0.5, 0.6) is 0 Å². The van der Waals surface area contributed by atoms with Crippen LogP contribution >= 0.6 is 11.6 Å². The van der Waals surface area contributed by atoms with Gasteiger partial charge < -0.3 is 4.90 Å². The summed E-state index contributed by atoms with van der Waals surface area (Å²) in [5.41, 5.74) is 0. The molecule has 1 amide bonds. The van der Waals surface area contributed by atoms with Gasteiger partial charge in [-0.15, -0.1) is 0 Å². The van der Waals surface area contributed by atoms with Crippen molar-refractivity contribution in [3.63, 3.8) is 0 Å². The number of likely N-dealkylation sites (tertiary alicyclic amines) is 1. The number of carbonyl (C=O) groups excluding carboxylic acids is 1. The van der Waals surface area contributed by atoms with E-state index >= 15 is 0 Å². The zero-order chi connectivity index (χ0) is 21.1. The number of halogens is 1. The van der Waals surface area contributed by atoms with Crippen LogP contribution in [0.1, 0.15) is 44.9 Å². The topological polar surface area (TPSA) is 60.9 Å². The first-order valence-corrected chi connectivity index (χ1v) is 13.0. The first kappa shape index (κ1) is 22.1. The van der Waals surface area contributed by atoms with E-state index in [0.717, 1.165) is 25.9 Å². The molecular weight excluding hydrogens is 422 g/mol. The molecule has 4 rings (SSSR count). The lowest BCUT2D eigenvalue weighted by Crippen LogP contribution is -2.52. The lowest BCUT2D eigenvalue weighted by Gasteiger charge is -2.44. The molecule has 2 heterocycles. The summed E-state index contributed by atoms with van der Waals surface area (Å²) in [6, 6.07) is 7.01. The predicted molar refractivity (Wildman–Crippen MR) is 118 cm³/mol. The average Bonchev–Trinajstić information content (AvgIpc) is 2.99. The number of fused-ring (bicyclic) bond motifs is 1. The Balaban J connectivity index is 1.37. The summed E-state index contributed by atoms with van der Waals surface area (Å²) in [5, 5.41) is 0.251. The molecule has 0 radical (unpaired) electrons. The van der Waals surface area contributed by atoms with Gasteiger partial charge in [0.05, 0.1) is 11.6 Å². The van der Waals surface area contributed by atoms with E-state index in [1.54, 1.807) is 24.3 Å². The van der Waals surface area contributed by atoms with Gasteiger partial charge in [-0.25, -0.2) is 8.42 Å². The number of nitrogens with zero attached hydrogens (tertiary/aromatic N) is 3. The van der Waals surface area contributed by atoms with E-state index in [9.17, 15) is 13.2 Å². The van der Waals surface area contributed by atoms with Crippen LogP contribution < -0.4 is 0 Å². The normalized spacial score (nSPS) is 26.8. The van der Waals surface area contributed by atoms with Crippen LogP contribution in [0.4, 0.5) is 0 Å². The van der Waals surface area contributed by atoms with Crippen LogP contribution in [0.15, 0.2) is 29.2 Å². The second kappa shape index (κ2) is 9.55. The van der Waals surface area contributed by atoms with E-state index in [4.69, 9.17) is 11.6 Å². The van der Waals surface area contributed by atoms with Gasteiger partial charge in [0, 0.05) is 32.2 Å². The van der Waals surface area contributed by atoms with Gasteiger partial charge in [-0.1, -0.05) is 36.6 Å². The zero-order valence-corrected chi connectivity index (χ0v) is 19.1. The van der Waals surface area contributed by atoms with Crippen molar-refractivity contribution in [1.29, 1.82) is 0 Å². The predicted octanol–water partition coefficient (Wildman–Crippen LogP) is 3.22. The number of hydrogen-bond acceptors (Lipinski definition) is 4. The first-order chi connectivity index (χ1) is 14.5. The molecule has 2 aliphatic heterocycles. The number of piperidine rings is 1. The van der Waals surface area contributed by atoms with Gasteiger partial charge in [-0.2, -0.15) is 4.31 Å². The van der Waals surface area contributed by atoms with Crippen molar-refractivity contribution >= 4 is 27.5 Å². The number of sulfonamides is 1. The Bertz CT molecular complexity index is 861. The molecule has 1 aromatic carbocycles. The summed E-state index contributed by atoms with van der Waals surface area (Å²) >= 11 is 6.14. The fourth-order valence-electron chi connectivity index (χ4n) is 5.36. The van der Waals surface area contributed by atoms with Crippen LogP contribution in [0.25, 0.3) is 0 Å². The maximum Gasteiger partial charge on any atom is 0.244 e. The largest absolute Gasteiger partial charge is 0.338 e. The van der Waals surface area contributed by atoms with Crippen LogP contribution in [0.2, 0.25) is 5.02 Å². The molecule has 3 fully saturated rings. The Labute approximate surface area is 185 Å². The third-order valence-electron chi connectivity index (χ3n) is 6.92. The Hall–Kier alpha value is -1.15. The Morgan fingerprint density at radius 2 is 1.70 bits per heavy atom. The van der Waals surface area contributed by atoms with Crippen LogP contribution in [0.3, 0.4) is 0 Å². The third-order valence-corrected chi connectivity index (χ3v) is 9.32. The monoisotopic (exact) mass is 453 g/mol. The molecule has 3 aliphatic rings. The van der Waals surface area contributed by atoms with E-state index in [2.05, 4.69) is 9.80 Å². The molecule has 0 N–H and O–H groups in total. The molecule has 0 spiro atoms. The molecule has 166 valence electrons. The van der Waals surface area contributed by atoms with Crippen LogP contribution in [-0.2, 0) is 14.8 Å². The maximum atomic E-state index is 13.1. The lowest BCUT2D eigenvalue weighted by molar-refractivity contribution is -0.138. The second-order valence-corrected chi connectivity index (χ2v) is 11.1. The summed E-state index contributed by atoms with van der Waals surface area (Å²) in [6.45, 7) is 3.41. The highest BCUT2D eigenvalue weighted by Gasteiger charge is 2.36. The third kappa shape index (κ3) is 4.69. The van der Waals surface area contributed by atoms with Gasteiger partial charge in [0.25, 0.3) is 0 Å². The summed E-state index contributed by atoms with van der Waals surface area (Å²) in [6.07, 6.45) is 7.99. The molecule has 0 unspecified atom stereocenters. The highest BCUT2D eigenvalue weighted by atomic mass is 35.5. The quantitative estimate of drug-likeness (QED) is 0.702. The summed E-state index contributed by atoms with van der Waals surface area (Å²) in [5.74, 6) is 0.894. The summed E-state index contributed by atoms with van der Waals surface area (Å²) < 4.78 is 27.6. The number of carbonyl (C=O) groups is 1. The zero-order valence-electron chi connectivity index (χ0n) is 17.5. The fourth-order valence-corrected chi connectivity index (χ4v) is 7.32. The van der Waals surface area contributed by atoms with Crippen molar-refractivity contribution in [2.45, 2.75) is 55.9 Å². The molecule has 0 aromatic heterocycles. The van der Waals surface area contributed by atoms with Crippen molar-refractivity contribution in [3.05, 3.63) is 29.3 Å². The summed E-state index contributed by atoms with van der Waals surface area (Å²) in [7, 11) is -3.62. The standard InChI is InChI=1S/C22H32ClN3O3S/c23-19-9-2-4-11-21(19)30(28,29)25-13-6-12-24(15-16-25)17-22(27)26-14-5-8-18-7-1-3-10-20(18)26/h2,4,9,11,18,20H,1,3,5-8,10,12-17H2/t18-,20+/m0/s1. The first-order valence-electron chi connectivity index (χ1n) is 11.2. The lowest BCUT2D eigenvalue weighted by atomic mass is 9.78. The molecule has 6 nitrogen and oxygen atoms in total. The number of benzene rings is 1. The molecule has 30 heavy (non-hydrogen) atoms. The molecule has 1 saturated carbocycles. The minimum absolute atomic E-state index is 0.160. The van der Waals surface area contributed by atoms with Crippen LogP contribution in [0, 0.1) is 5.92 Å². The number of rotatable bonds is 4. The second-order valence-electron chi connectivity index (χ2n) is 8.81. The SMILES string of the molecule is O=C(CN1CCCN(S(=O)(=O)c2ccccc2Cl)CC1)N1CCC[C@@H]2CCCC[C@H]21. The molecular formula is C22H32ClN3O3S. The molecule has 2 saturated heterocycles. The minimum Gasteiger partial charge on any atom is -0.338 e. The highest BCUT2D eigenvalue weighted by molar-refractivity contribution is 7.89. The van der Waals surface area contributed by atoms with Crippen molar-refractivity contribution < 1.29 is 13.2 Å². The minimum atomic E-state index is -3.62. The van der Waals surface area contributed by atoms with Crippen molar-refractivity contribution in [1.82, 2.24) is 14.1 Å². The van der Waals surface area contributed by atoms with Gasteiger partial charge >= 0.3 is 0 Å².